The van der Waals surface area contributed by atoms with E-state index in [0.717, 1.165) is 39.0 Å². The lowest BCUT2D eigenvalue weighted by molar-refractivity contribution is -0.134. The van der Waals surface area contributed by atoms with Gasteiger partial charge in [0.2, 0.25) is 31.9 Å². The number of hydrogen-bond donors (Lipinski definition) is 5. The smallest absolute Gasteiger partial charge is 0.249 e. The van der Waals surface area contributed by atoms with Gasteiger partial charge in [0, 0.05) is 26.2 Å². The van der Waals surface area contributed by atoms with E-state index in [9.17, 15) is 31.5 Å². The zero-order valence-corrected chi connectivity index (χ0v) is 45.5. The Labute approximate surface area is 453 Å². The van der Waals surface area contributed by atoms with Crippen molar-refractivity contribution in [3.8, 4) is 11.5 Å². The Kier molecular flexibility index (Phi) is 22.1. The first kappa shape index (κ1) is 58.1. The molecule has 4 aliphatic rings. The molecule has 0 saturated carbocycles. The number of likely N-dealkylation sites (tertiary alicyclic amines) is 2. The lowest BCUT2D eigenvalue weighted by Crippen LogP contribution is -2.43. The van der Waals surface area contributed by atoms with Crippen LogP contribution >= 0.6 is 0 Å². The van der Waals surface area contributed by atoms with Crippen LogP contribution in [0.15, 0.2) is 107 Å². The van der Waals surface area contributed by atoms with Gasteiger partial charge in [-0.3, -0.25) is 19.4 Å². The predicted molar refractivity (Wildman–Crippen MR) is 289 cm³/mol. The summed E-state index contributed by atoms with van der Waals surface area (Å²) >= 11 is 0. The summed E-state index contributed by atoms with van der Waals surface area (Å²) in [6, 6.07) is 30.3. The number of nitrogens with one attached hydrogen (secondary N) is 4. The number of carbonyl (C=O) groups is 2. The molecule has 2 aliphatic carbocycles. The molecule has 0 aromatic heterocycles. The molecule has 21 heteroatoms. The molecule has 420 valence electrons. The SMILES string of the molecule is O=C(C[C@@H](O)C(=O)NCCOCCOCCNS(=O)(=O)c1ccc(O[C@H]2c3ccccc3C[C@@H]2N2CCCCC2)cc1)NCCOCCOCCNS(=O)(=O)c1ccc(O[C@H]2c3ccccc3CC2N2CCCCC2)cc1. The van der Waals surface area contributed by atoms with Crippen LogP contribution in [-0.2, 0) is 61.4 Å². The average molecular weight is 1110 g/mol. The molecule has 8 rings (SSSR count). The molecule has 2 saturated heterocycles. The van der Waals surface area contributed by atoms with E-state index in [-0.39, 0.29) is 113 Å². The zero-order chi connectivity index (χ0) is 53.9. The Bertz CT molecular complexity index is 2710. The molecule has 2 amide bonds. The molecule has 5 atom stereocenters. The van der Waals surface area contributed by atoms with Crippen LogP contribution in [0.5, 0.6) is 11.5 Å². The summed E-state index contributed by atoms with van der Waals surface area (Å²) in [5, 5.41) is 15.3. The lowest BCUT2D eigenvalue weighted by atomic mass is 10.0. The van der Waals surface area contributed by atoms with E-state index < -0.39 is 44.4 Å². The number of carbonyl (C=O) groups excluding carboxylic acids is 2. The second kappa shape index (κ2) is 29.3. The van der Waals surface area contributed by atoms with E-state index in [0.29, 0.717) is 11.5 Å². The van der Waals surface area contributed by atoms with Gasteiger partial charge in [0.15, 0.2) is 0 Å². The van der Waals surface area contributed by atoms with E-state index in [1.54, 1.807) is 48.5 Å². The van der Waals surface area contributed by atoms with Crippen LogP contribution in [0, 0.1) is 0 Å². The quantitative estimate of drug-likeness (QED) is 0.0448. The Hall–Kier alpha value is -5.04. The van der Waals surface area contributed by atoms with E-state index in [1.807, 2.05) is 12.1 Å². The van der Waals surface area contributed by atoms with Gasteiger partial charge in [-0.15, -0.1) is 0 Å². The zero-order valence-electron chi connectivity index (χ0n) is 43.9. The first-order valence-electron chi connectivity index (χ1n) is 27.1. The number of rotatable bonds is 31. The van der Waals surface area contributed by atoms with Gasteiger partial charge < -0.3 is 44.2 Å². The van der Waals surface area contributed by atoms with Gasteiger partial charge in [-0.25, -0.2) is 26.3 Å². The molecule has 19 nitrogen and oxygen atoms in total. The minimum absolute atomic E-state index is 0.0573. The minimum atomic E-state index is -3.78. The Balaban J connectivity index is 0.601. The highest BCUT2D eigenvalue weighted by Gasteiger charge is 2.40. The van der Waals surface area contributed by atoms with Crippen LogP contribution in [0.2, 0.25) is 0 Å². The highest BCUT2D eigenvalue weighted by molar-refractivity contribution is 7.89. The van der Waals surface area contributed by atoms with Crippen molar-refractivity contribution >= 4 is 31.9 Å². The molecule has 0 bridgehead atoms. The summed E-state index contributed by atoms with van der Waals surface area (Å²) in [5.41, 5.74) is 4.97. The van der Waals surface area contributed by atoms with Gasteiger partial charge in [-0.1, -0.05) is 61.4 Å². The van der Waals surface area contributed by atoms with Crippen LogP contribution in [0.3, 0.4) is 0 Å². The van der Waals surface area contributed by atoms with Crippen molar-refractivity contribution in [2.45, 2.75) is 98.0 Å². The van der Waals surface area contributed by atoms with Crippen molar-refractivity contribution in [2.24, 2.45) is 0 Å². The van der Waals surface area contributed by atoms with Gasteiger partial charge in [0.05, 0.1) is 81.2 Å². The van der Waals surface area contributed by atoms with E-state index in [1.165, 1.54) is 60.8 Å². The first-order chi connectivity index (χ1) is 37.4. The molecule has 77 heavy (non-hydrogen) atoms. The molecule has 4 aromatic rings. The topological polar surface area (TPSA) is 233 Å². The Morgan fingerprint density at radius 1 is 0.506 bits per heavy atom. The van der Waals surface area contributed by atoms with Crippen LogP contribution in [0.4, 0.5) is 0 Å². The second-order valence-corrected chi connectivity index (χ2v) is 23.3. The highest BCUT2D eigenvalue weighted by Crippen LogP contribution is 2.40. The van der Waals surface area contributed by atoms with Crippen molar-refractivity contribution in [1.82, 2.24) is 29.9 Å². The summed E-state index contributed by atoms with van der Waals surface area (Å²) in [5.74, 6) is -0.0190. The van der Waals surface area contributed by atoms with Gasteiger partial charge in [0.25, 0.3) is 0 Å². The summed E-state index contributed by atoms with van der Waals surface area (Å²) in [7, 11) is -7.55. The number of ether oxygens (including phenoxy) is 6. The maximum atomic E-state index is 13.0. The molecule has 2 heterocycles. The predicted octanol–water partition coefficient (Wildman–Crippen LogP) is 4.05. The van der Waals surface area contributed by atoms with Crippen LogP contribution in [0.25, 0.3) is 0 Å². The highest BCUT2D eigenvalue weighted by atomic mass is 32.2. The standard InChI is InChI=1S/C56H76N6O13S2/c63-52(56(65)58-24-32-71-36-38-73-34-26-60-77(68,69)47-21-17-45(18-22-47)75-55-49-14-6-4-12-43(49)40-51(55)62-29-9-2-10-30-62)41-53(64)57-23-31-70-35-37-72-33-25-59-76(66,67)46-19-15-44(16-20-46)74-54-48-13-5-3-11-42(48)39-50(54)61-27-7-1-8-28-61/h3-6,11-22,50-52,54-55,59-60,63H,1-2,7-10,23-41H2,(H,57,64)(H,58,65)/t50?,51-,52+,54-,55-/m0/s1. The molecule has 2 aliphatic heterocycles. The monoisotopic (exact) mass is 1100 g/mol. The normalized spacial score (nSPS) is 20.3. The summed E-state index contributed by atoms with van der Waals surface area (Å²) in [4.78, 5) is 29.9. The molecule has 0 spiro atoms. The molecular formula is C56H76N6O13S2. The summed E-state index contributed by atoms with van der Waals surface area (Å²) < 4.78 is 92.0. The maximum absolute atomic E-state index is 13.0. The number of amides is 2. The molecule has 5 N–H and O–H groups in total. The van der Waals surface area contributed by atoms with Crippen LogP contribution < -0.4 is 29.6 Å². The van der Waals surface area contributed by atoms with Crippen molar-refractivity contribution in [2.75, 3.05) is 105 Å². The van der Waals surface area contributed by atoms with Gasteiger partial charge in [0.1, 0.15) is 29.8 Å². The van der Waals surface area contributed by atoms with Crippen LogP contribution in [-0.4, -0.2) is 167 Å². The first-order valence-corrected chi connectivity index (χ1v) is 30.1. The van der Waals surface area contributed by atoms with Crippen molar-refractivity contribution in [3.05, 3.63) is 119 Å². The number of piperidine rings is 2. The van der Waals surface area contributed by atoms with Crippen molar-refractivity contribution in [1.29, 1.82) is 0 Å². The third kappa shape index (κ3) is 17.0. The van der Waals surface area contributed by atoms with Crippen LogP contribution in [0.1, 0.15) is 79.4 Å². The number of aliphatic hydroxyl groups is 1. The number of aliphatic hydroxyl groups excluding tert-OH is 1. The molecule has 4 aromatic carbocycles. The molecular weight excluding hydrogens is 1030 g/mol. The number of sulfonamides is 2. The summed E-state index contributed by atoms with van der Waals surface area (Å²) in [6.45, 7) is 5.92. The second-order valence-electron chi connectivity index (χ2n) is 19.8. The Morgan fingerprint density at radius 3 is 1.32 bits per heavy atom. The fraction of sp³-hybridized carbons (Fsp3) is 0.536. The van der Waals surface area contributed by atoms with Gasteiger partial charge in [-0.2, -0.15) is 0 Å². The maximum Gasteiger partial charge on any atom is 0.249 e. The van der Waals surface area contributed by atoms with Gasteiger partial charge >= 0.3 is 0 Å². The van der Waals surface area contributed by atoms with Crippen molar-refractivity contribution in [3.63, 3.8) is 0 Å². The molecule has 1 unspecified atom stereocenters. The van der Waals surface area contributed by atoms with E-state index >= 15 is 0 Å². The number of fused-ring (bicyclic) bond motifs is 2. The van der Waals surface area contributed by atoms with Crippen molar-refractivity contribution < 1.29 is 60.0 Å². The van der Waals surface area contributed by atoms with E-state index in [2.05, 4.69) is 66.3 Å². The average Bonchev–Trinajstić information content (AvgIpc) is 4.04. The van der Waals surface area contributed by atoms with E-state index in [4.69, 9.17) is 28.4 Å². The third-order valence-electron chi connectivity index (χ3n) is 14.4. The summed E-state index contributed by atoms with van der Waals surface area (Å²) in [6.07, 6.45) is 6.89. The largest absolute Gasteiger partial charge is 0.484 e. The Morgan fingerprint density at radius 2 is 0.896 bits per heavy atom. The van der Waals surface area contributed by atoms with Gasteiger partial charge in [-0.05, 0) is 135 Å². The molecule has 2 fully saturated rings. The fourth-order valence-corrected chi connectivity index (χ4v) is 12.5. The minimum Gasteiger partial charge on any atom is -0.484 e. The lowest BCUT2D eigenvalue weighted by Gasteiger charge is -2.35. The third-order valence-corrected chi connectivity index (χ3v) is 17.4. The number of nitrogens with zero attached hydrogens (tertiary/aromatic N) is 2. The number of benzene rings is 4. The number of hydrogen-bond acceptors (Lipinski definition) is 15. The fourth-order valence-electron chi connectivity index (χ4n) is 10.5. The molecule has 0 radical (unpaired) electrons.